The molecule has 126 valence electrons. The summed E-state index contributed by atoms with van der Waals surface area (Å²) >= 11 is 11.9. The number of hydrogen-bond donors (Lipinski definition) is 1. The molecule has 3 rings (SSSR count). The van der Waals surface area contributed by atoms with Gasteiger partial charge < -0.3 is 14.8 Å². The van der Waals surface area contributed by atoms with Crippen LogP contribution >= 0.6 is 23.2 Å². The van der Waals surface area contributed by atoms with Crippen molar-refractivity contribution in [2.24, 2.45) is 0 Å². The number of nitrogens with one attached hydrogen (secondary N) is 1. The van der Waals surface area contributed by atoms with Gasteiger partial charge in [0, 0.05) is 21.8 Å². The number of nitriles is 1. The van der Waals surface area contributed by atoms with Crippen LogP contribution in [0.25, 0.3) is 6.08 Å². The Labute approximate surface area is 154 Å². The van der Waals surface area contributed by atoms with Crippen LogP contribution in [0.4, 0.5) is 5.69 Å². The molecule has 0 aromatic heterocycles. The van der Waals surface area contributed by atoms with Crippen LogP contribution in [0, 0.1) is 11.3 Å². The first-order valence-electron chi connectivity index (χ1n) is 7.34. The van der Waals surface area contributed by atoms with Crippen molar-refractivity contribution in [1.82, 2.24) is 0 Å². The van der Waals surface area contributed by atoms with E-state index in [0.29, 0.717) is 46.0 Å². The first-order valence-corrected chi connectivity index (χ1v) is 8.10. The van der Waals surface area contributed by atoms with Crippen LogP contribution in [0.1, 0.15) is 5.56 Å². The predicted molar refractivity (Wildman–Crippen MR) is 96.1 cm³/mol. The molecule has 25 heavy (non-hydrogen) atoms. The van der Waals surface area contributed by atoms with Gasteiger partial charge in [-0.05, 0) is 35.9 Å². The van der Waals surface area contributed by atoms with Crippen LogP contribution < -0.4 is 14.8 Å². The molecule has 0 spiro atoms. The van der Waals surface area contributed by atoms with Crippen molar-refractivity contribution in [2.75, 3.05) is 18.5 Å². The van der Waals surface area contributed by atoms with Gasteiger partial charge in [-0.2, -0.15) is 5.26 Å². The molecule has 1 N–H and O–H groups in total. The smallest absolute Gasteiger partial charge is 0.266 e. The highest BCUT2D eigenvalue weighted by Gasteiger charge is 2.15. The normalized spacial score (nSPS) is 13.1. The zero-order valence-electron chi connectivity index (χ0n) is 12.9. The maximum absolute atomic E-state index is 12.4. The molecule has 2 aromatic carbocycles. The van der Waals surface area contributed by atoms with E-state index in [1.807, 2.05) is 6.07 Å². The minimum absolute atomic E-state index is 0.0842. The fourth-order valence-electron chi connectivity index (χ4n) is 2.24. The van der Waals surface area contributed by atoms with Crippen LogP contribution in [-0.4, -0.2) is 19.1 Å². The number of carbonyl (C=O) groups is 1. The first-order chi connectivity index (χ1) is 12.1. The zero-order chi connectivity index (χ0) is 17.8. The Bertz CT molecular complexity index is 904. The van der Waals surface area contributed by atoms with Gasteiger partial charge in [0.1, 0.15) is 24.9 Å². The van der Waals surface area contributed by atoms with Crippen LogP contribution in [0.5, 0.6) is 11.5 Å². The third-order valence-electron chi connectivity index (χ3n) is 3.43. The Morgan fingerprint density at radius 3 is 2.60 bits per heavy atom. The molecule has 5 nitrogen and oxygen atoms in total. The summed E-state index contributed by atoms with van der Waals surface area (Å²) in [4.78, 5) is 12.4. The number of halogens is 2. The minimum Gasteiger partial charge on any atom is -0.486 e. The number of carbonyl (C=O) groups excluding carboxylic acids is 1. The average Bonchev–Trinajstić information content (AvgIpc) is 2.61. The number of anilines is 1. The van der Waals surface area contributed by atoms with E-state index in [2.05, 4.69) is 5.32 Å². The van der Waals surface area contributed by atoms with Crippen molar-refractivity contribution in [2.45, 2.75) is 0 Å². The number of amides is 1. The highest BCUT2D eigenvalue weighted by atomic mass is 35.5. The third-order valence-corrected chi connectivity index (χ3v) is 3.99. The maximum atomic E-state index is 12.4. The molecular formula is C18H12Cl2N2O3. The molecule has 0 radical (unpaired) electrons. The van der Waals surface area contributed by atoms with Gasteiger partial charge in [0.05, 0.1) is 0 Å². The first kappa shape index (κ1) is 17.2. The van der Waals surface area contributed by atoms with Gasteiger partial charge in [-0.25, -0.2) is 0 Å². The number of ether oxygens (including phenoxy) is 2. The molecule has 0 aliphatic carbocycles. The van der Waals surface area contributed by atoms with E-state index in [1.165, 1.54) is 6.08 Å². The number of nitrogens with zero attached hydrogens (tertiary/aromatic N) is 1. The Morgan fingerprint density at radius 2 is 1.88 bits per heavy atom. The molecule has 2 aromatic rings. The molecule has 1 aliphatic heterocycles. The Morgan fingerprint density at radius 1 is 1.12 bits per heavy atom. The average molecular weight is 375 g/mol. The standard InChI is InChI=1S/C18H12Cl2N2O3/c19-13-2-1-11(15(20)8-13)7-12(10-21)18(23)22-14-3-4-16-17(9-14)25-6-5-24-16/h1-4,7-9H,5-6H2,(H,22,23). The van der Waals surface area contributed by atoms with Crippen molar-refractivity contribution in [3.8, 4) is 17.6 Å². The summed E-state index contributed by atoms with van der Waals surface area (Å²) in [5.41, 5.74) is 0.941. The molecule has 0 saturated carbocycles. The molecule has 0 atom stereocenters. The van der Waals surface area contributed by atoms with Crippen LogP contribution in [-0.2, 0) is 4.79 Å². The largest absolute Gasteiger partial charge is 0.486 e. The summed E-state index contributed by atoms with van der Waals surface area (Å²) in [5, 5.41) is 12.8. The zero-order valence-corrected chi connectivity index (χ0v) is 14.4. The van der Waals surface area contributed by atoms with Gasteiger partial charge in [0.2, 0.25) is 0 Å². The summed E-state index contributed by atoms with van der Waals surface area (Å²) in [6.07, 6.45) is 1.41. The summed E-state index contributed by atoms with van der Waals surface area (Å²) in [6.45, 7) is 0.935. The number of fused-ring (bicyclic) bond motifs is 1. The van der Waals surface area contributed by atoms with Crippen LogP contribution in [0.15, 0.2) is 42.0 Å². The maximum Gasteiger partial charge on any atom is 0.266 e. The Hall–Kier alpha value is -2.68. The topological polar surface area (TPSA) is 71.4 Å². The summed E-state index contributed by atoms with van der Waals surface area (Å²) in [5.74, 6) is 0.616. The summed E-state index contributed by atoms with van der Waals surface area (Å²) in [7, 11) is 0. The summed E-state index contributed by atoms with van der Waals surface area (Å²) < 4.78 is 10.9. The van der Waals surface area contributed by atoms with Crippen LogP contribution in [0.3, 0.4) is 0 Å². The van der Waals surface area contributed by atoms with Gasteiger partial charge in [-0.15, -0.1) is 0 Å². The molecule has 0 fully saturated rings. The lowest BCUT2D eigenvalue weighted by Gasteiger charge is -2.18. The van der Waals surface area contributed by atoms with Gasteiger partial charge in [-0.3, -0.25) is 4.79 Å². The van der Waals surface area contributed by atoms with E-state index in [9.17, 15) is 10.1 Å². The molecule has 0 unspecified atom stereocenters. The van der Waals surface area contributed by atoms with E-state index in [-0.39, 0.29) is 5.57 Å². The fourth-order valence-corrected chi connectivity index (χ4v) is 2.71. The highest BCUT2D eigenvalue weighted by molar-refractivity contribution is 6.35. The highest BCUT2D eigenvalue weighted by Crippen LogP contribution is 2.32. The summed E-state index contributed by atoms with van der Waals surface area (Å²) in [6, 6.07) is 11.7. The number of hydrogen-bond acceptors (Lipinski definition) is 4. The monoisotopic (exact) mass is 374 g/mol. The molecule has 1 aliphatic rings. The van der Waals surface area contributed by atoms with E-state index in [4.69, 9.17) is 32.7 Å². The second-order valence-corrected chi connectivity index (χ2v) is 5.99. The predicted octanol–water partition coefficient (Wildman–Crippen LogP) is 4.31. The van der Waals surface area contributed by atoms with Crippen molar-refractivity contribution in [3.63, 3.8) is 0 Å². The van der Waals surface area contributed by atoms with Gasteiger partial charge in [0.25, 0.3) is 5.91 Å². The quantitative estimate of drug-likeness (QED) is 0.641. The van der Waals surface area contributed by atoms with Gasteiger partial charge in [0.15, 0.2) is 11.5 Å². The number of benzene rings is 2. The van der Waals surface area contributed by atoms with E-state index < -0.39 is 5.91 Å². The Balaban J connectivity index is 1.81. The third kappa shape index (κ3) is 4.05. The lowest BCUT2D eigenvalue weighted by atomic mass is 10.1. The van der Waals surface area contributed by atoms with E-state index in [1.54, 1.807) is 36.4 Å². The van der Waals surface area contributed by atoms with Crippen molar-refractivity contribution in [1.29, 1.82) is 5.26 Å². The van der Waals surface area contributed by atoms with Gasteiger partial charge >= 0.3 is 0 Å². The number of rotatable bonds is 3. The van der Waals surface area contributed by atoms with E-state index >= 15 is 0 Å². The van der Waals surface area contributed by atoms with Crippen molar-refractivity contribution in [3.05, 3.63) is 57.6 Å². The molecule has 1 heterocycles. The molecule has 7 heteroatoms. The second kappa shape index (κ2) is 7.47. The van der Waals surface area contributed by atoms with Crippen molar-refractivity contribution >= 4 is 40.9 Å². The van der Waals surface area contributed by atoms with Crippen molar-refractivity contribution < 1.29 is 14.3 Å². The lowest BCUT2D eigenvalue weighted by Crippen LogP contribution is -2.17. The molecule has 0 bridgehead atoms. The fraction of sp³-hybridized carbons (Fsp3) is 0.111. The second-order valence-electron chi connectivity index (χ2n) is 5.15. The molecule has 1 amide bonds. The van der Waals surface area contributed by atoms with Crippen LogP contribution in [0.2, 0.25) is 10.0 Å². The molecular weight excluding hydrogens is 363 g/mol. The Kier molecular flexibility index (Phi) is 5.13. The van der Waals surface area contributed by atoms with Gasteiger partial charge in [-0.1, -0.05) is 29.3 Å². The lowest BCUT2D eigenvalue weighted by molar-refractivity contribution is -0.112. The minimum atomic E-state index is -0.551. The van der Waals surface area contributed by atoms with E-state index in [0.717, 1.165) is 0 Å². The molecule has 0 saturated heterocycles. The SMILES string of the molecule is N#CC(=Cc1ccc(Cl)cc1Cl)C(=O)Nc1ccc2c(c1)OCCO2.